The smallest absolute Gasteiger partial charge is 0.321 e. The highest BCUT2D eigenvalue weighted by Crippen LogP contribution is 2.41. The minimum atomic E-state index is -1.24. The number of benzene rings is 1. The van der Waals surface area contributed by atoms with Crippen molar-refractivity contribution in [3.8, 4) is 0 Å². The number of carboxylic acid groups (broad SMARTS) is 1. The minimum absolute atomic E-state index is 0.246. The largest absolute Gasteiger partial charge is 0.480 e. The van der Waals surface area contributed by atoms with Crippen LogP contribution in [0.3, 0.4) is 0 Å². The van der Waals surface area contributed by atoms with Crippen molar-refractivity contribution in [2.24, 2.45) is 0 Å². The van der Waals surface area contributed by atoms with Gasteiger partial charge in [0.05, 0.1) is 4.47 Å². The first-order valence-corrected chi connectivity index (χ1v) is 16.1. The molecule has 0 saturated carbocycles. The lowest BCUT2D eigenvalue weighted by molar-refractivity contribution is -0.139. The van der Waals surface area contributed by atoms with Crippen LogP contribution in [0.15, 0.2) is 22.7 Å². The molecule has 8 heteroatoms. The molecule has 2 atom stereocenters. The number of hydrogen-bond donors (Lipinski definition) is 3. The fourth-order valence-corrected chi connectivity index (χ4v) is 6.56. The Kier molecular flexibility index (Phi) is 15.8. The Bertz CT molecular complexity index is 828. The monoisotopic (exact) mass is 600 g/mol. The van der Waals surface area contributed by atoms with Crippen LogP contribution in [0, 0.1) is 5.82 Å². The summed E-state index contributed by atoms with van der Waals surface area (Å²) in [5, 5.41) is 15.4. The second kappa shape index (κ2) is 18.2. The summed E-state index contributed by atoms with van der Waals surface area (Å²) in [4.78, 5) is 23.5. The van der Waals surface area contributed by atoms with E-state index in [1.165, 1.54) is 101 Å². The van der Waals surface area contributed by atoms with Gasteiger partial charge in [-0.2, -0.15) is 0 Å². The van der Waals surface area contributed by atoms with Gasteiger partial charge in [0.1, 0.15) is 11.9 Å². The van der Waals surface area contributed by atoms with E-state index in [-0.39, 0.29) is 16.1 Å². The number of rotatable bonds is 20. The Morgan fingerprint density at radius 3 is 1.95 bits per heavy atom. The molecule has 37 heavy (non-hydrogen) atoms. The van der Waals surface area contributed by atoms with Crippen LogP contribution in [0.2, 0.25) is 0 Å². The van der Waals surface area contributed by atoms with Gasteiger partial charge in [-0.1, -0.05) is 109 Å². The van der Waals surface area contributed by atoms with Gasteiger partial charge in [0.25, 0.3) is 5.91 Å². The number of unbranched alkanes of at least 4 members (excludes halogenated alkanes) is 15. The number of amides is 1. The van der Waals surface area contributed by atoms with Crippen molar-refractivity contribution in [2.75, 3.05) is 12.3 Å². The molecule has 1 aromatic carbocycles. The Morgan fingerprint density at radius 1 is 0.973 bits per heavy atom. The molecule has 2 rings (SSSR count). The summed E-state index contributed by atoms with van der Waals surface area (Å²) in [7, 11) is 0. The van der Waals surface area contributed by atoms with E-state index in [9.17, 15) is 19.1 Å². The Labute approximate surface area is 235 Å². The van der Waals surface area contributed by atoms with Crippen molar-refractivity contribution in [1.82, 2.24) is 10.6 Å². The number of halogens is 2. The van der Waals surface area contributed by atoms with Gasteiger partial charge in [-0.15, -0.1) is 11.8 Å². The quantitative estimate of drug-likeness (QED) is 0.132. The molecule has 1 fully saturated rings. The van der Waals surface area contributed by atoms with Gasteiger partial charge < -0.3 is 10.4 Å². The maximum Gasteiger partial charge on any atom is 0.321 e. The third-order valence-electron chi connectivity index (χ3n) is 7.10. The SMILES string of the molecule is CCCCCCCCCCCCCCCCCCNC(=O)C1(c2ccc(F)c(Br)c2)N[C@H](C(=O)O)CS1. The van der Waals surface area contributed by atoms with Crippen LogP contribution < -0.4 is 10.6 Å². The van der Waals surface area contributed by atoms with Gasteiger partial charge in [-0.3, -0.25) is 14.9 Å². The number of thioether (sulfide) groups is 1. The average molecular weight is 602 g/mol. The highest BCUT2D eigenvalue weighted by atomic mass is 79.9. The number of nitrogens with one attached hydrogen (secondary N) is 2. The predicted molar refractivity (Wildman–Crippen MR) is 155 cm³/mol. The molecule has 1 unspecified atom stereocenters. The Hall–Kier alpha value is -1.12. The van der Waals surface area contributed by atoms with Gasteiger partial charge in [0.2, 0.25) is 0 Å². The first kappa shape index (κ1) is 32.1. The van der Waals surface area contributed by atoms with Crippen molar-refractivity contribution >= 4 is 39.6 Å². The summed E-state index contributed by atoms with van der Waals surface area (Å²) < 4.78 is 14.0. The zero-order valence-corrected chi connectivity index (χ0v) is 24.9. The lowest BCUT2D eigenvalue weighted by Gasteiger charge is -2.28. The number of carboxylic acids is 1. The minimum Gasteiger partial charge on any atom is -0.480 e. The van der Waals surface area contributed by atoms with Gasteiger partial charge in [-0.05, 0) is 40.0 Å². The van der Waals surface area contributed by atoms with Crippen molar-refractivity contribution < 1.29 is 19.1 Å². The van der Waals surface area contributed by atoms with Gasteiger partial charge in [0.15, 0.2) is 4.87 Å². The Balaban J connectivity index is 1.58. The van der Waals surface area contributed by atoms with Gasteiger partial charge in [0, 0.05) is 12.3 Å². The van der Waals surface area contributed by atoms with Crippen LogP contribution in [0.4, 0.5) is 4.39 Å². The number of carbonyl (C=O) groups is 2. The molecule has 0 spiro atoms. The van der Waals surface area contributed by atoms with E-state index >= 15 is 0 Å². The molecule has 3 N–H and O–H groups in total. The summed E-state index contributed by atoms with van der Waals surface area (Å²) in [6.07, 6.45) is 20.7. The molecule has 1 aliphatic heterocycles. The van der Waals surface area contributed by atoms with E-state index in [0.29, 0.717) is 12.1 Å². The molecule has 0 aliphatic carbocycles. The van der Waals surface area contributed by atoms with E-state index in [0.717, 1.165) is 19.3 Å². The van der Waals surface area contributed by atoms with Crippen molar-refractivity contribution in [2.45, 2.75) is 121 Å². The summed E-state index contributed by atoms with van der Waals surface area (Å²) >= 11 is 4.42. The lowest BCUT2D eigenvalue weighted by Crippen LogP contribution is -2.52. The summed E-state index contributed by atoms with van der Waals surface area (Å²) in [5.41, 5.74) is 0.541. The van der Waals surface area contributed by atoms with Crippen LogP contribution in [-0.4, -0.2) is 35.3 Å². The first-order valence-electron chi connectivity index (χ1n) is 14.3. The molecular weight excluding hydrogens is 555 g/mol. The molecule has 210 valence electrons. The standard InChI is InChI=1S/C29H46BrFN2O3S/c1-2-3-4-5-6-7-8-9-10-11-12-13-14-15-16-17-20-32-28(36)29(33-26(22-37-29)27(34)35)23-18-19-25(31)24(30)21-23/h18-19,21,26,33H,2-17,20,22H2,1H3,(H,32,36)(H,34,35)/t26-,29?/m0/s1. The predicted octanol–water partition coefficient (Wildman–Crippen LogP) is 7.91. The molecule has 0 radical (unpaired) electrons. The molecule has 1 aromatic rings. The summed E-state index contributed by atoms with van der Waals surface area (Å²) in [6.45, 7) is 2.81. The molecular formula is C29H46BrFN2O3S. The number of aliphatic carboxylic acids is 1. The van der Waals surface area contributed by atoms with E-state index in [1.807, 2.05) is 0 Å². The third-order valence-corrected chi connectivity index (χ3v) is 9.18. The summed E-state index contributed by atoms with van der Waals surface area (Å²) in [6, 6.07) is 3.54. The number of hydrogen-bond acceptors (Lipinski definition) is 4. The van der Waals surface area contributed by atoms with Crippen molar-refractivity contribution in [3.05, 3.63) is 34.1 Å². The fraction of sp³-hybridized carbons (Fsp3) is 0.724. The van der Waals surface area contributed by atoms with E-state index in [4.69, 9.17) is 0 Å². The Morgan fingerprint density at radius 2 is 1.49 bits per heavy atom. The lowest BCUT2D eigenvalue weighted by atomic mass is 10.0. The maximum absolute atomic E-state index is 13.8. The van der Waals surface area contributed by atoms with Crippen LogP contribution in [-0.2, 0) is 14.5 Å². The third kappa shape index (κ3) is 11.3. The van der Waals surface area contributed by atoms with E-state index in [2.05, 4.69) is 33.5 Å². The van der Waals surface area contributed by atoms with Crippen LogP contribution >= 0.6 is 27.7 Å². The first-order chi connectivity index (χ1) is 17.9. The summed E-state index contributed by atoms with van der Waals surface area (Å²) in [5.74, 6) is -1.44. The van der Waals surface area contributed by atoms with Crippen LogP contribution in [0.5, 0.6) is 0 Å². The molecule has 1 saturated heterocycles. The van der Waals surface area contributed by atoms with Gasteiger partial charge in [-0.25, -0.2) is 4.39 Å². The zero-order valence-electron chi connectivity index (χ0n) is 22.5. The zero-order chi connectivity index (χ0) is 26.9. The number of carbonyl (C=O) groups excluding carboxylic acids is 1. The second-order valence-electron chi connectivity index (χ2n) is 10.2. The molecule has 1 heterocycles. The molecule has 0 bridgehead atoms. The highest BCUT2D eigenvalue weighted by Gasteiger charge is 2.49. The molecule has 1 amide bonds. The van der Waals surface area contributed by atoms with E-state index < -0.39 is 22.7 Å². The molecule has 5 nitrogen and oxygen atoms in total. The van der Waals surface area contributed by atoms with E-state index in [1.54, 1.807) is 12.1 Å². The van der Waals surface area contributed by atoms with Gasteiger partial charge >= 0.3 is 5.97 Å². The second-order valence-corrected chi connectivity index (χ2v) is 12.3. The highest BCUT2D eigenvalue weighted by molar-refractivity contribution is 9.10. The van der Waals surface area contributed by atoms with Crippen molar-refractivity contribution in [3.63, 3.8) is 0 Å². The van der Waals surface area contributed by atoms with Crippen LogP contribution in [0.1, 0.15) is 115 Å². The maximum atomic E-state index is 13.8. The molecule has 1 aliphatic rings. The van der Waals surface area contributed by atoms with Crippen molar-refractivity contribution in [1.29, 1.82) is 0 Å². The fourth-order valence-electron chi connectivity index (χ4n) is 4.81. The molecule has 0 aromatic heterocycles. The normalized spacial score (nSPS) is 19.3. The van der Waals surface area contributed by atoms with Crippen LogP contribution in [0.25, 0.3) is 0 Å². The average Bonchev–Trinajstić information content (AvgIpc) is 3.35. The topological polar surface area (TPSA) is 78.4 Å².